The van der Waals surface area contributed by atoms with Crippen molar-refractivity contribution in [3.05, 3.63) is 58.9 Å². The first kappa shape index (κ1) is 13.6. The number of nitrogens with zero attached hydrogens (tertiary/aromatic N) is 1. The SMILES string of the molecule is CCOC(=O)c1ccc(-n2c(=S)[nH]c3ccccc32)cc1. The lowest BCUT2D eigenvalue weighted by Gasteiger charge is -2.06. The van der Waals surface area contributed by atoms with Crippen LogP contribution in [0, 0.1) is 4.77 Å². The number of esters is 1. The van der Waals surface area contributed by atoms with E-state index in [9.17, 15) is 4.79 Å². The molecule has 1 aromatic heterocycles. The molecule has 5 heteroatoms. The summed E-state index contributed by atoms with van der Waals surface area (Å²) in [6, 6.07) is 15.1. The number of benzene rings is 2. The predicted molar refractivity (Wildman–Crippen MR) is 84.4 cm³/mol. The zero-order valence-electron chi connectivity index (χ0n) is 11.5. The van der Waals surface area contributed by atoms with E-state index in [0.29, 0.717) is 16.9 Å². The van der Waals surface area contributed by atoms with Gasteiger partial charge in [-0.15, -0.1) is 0 Å². The van der Waals surface area contributed by atoms with Crippen molar-refractivity contribution in [2.75, 3.05) is 6.61 Å². The van der Waals surface area contributed by atoms with Crippen LogP contribution in [0.1, 0.15) is 17.3 Å². The third-order valence-electron chi connectivity index (χ3n) is 3.23. The summed E-state index contributed by atoms with van der Waals surface area (Å²) >= 11 is 5.38. The molecule has 0 spiro atoms. The molecule has 0 aliphatic heterocycles. The number of carbonyl (C=O) groups excluding carboxylic acids is 1. The van der Waals surface area contributed by atoms with Crippen LogP contribution in [-0.2, 0) is 4.74 Å². The lowest BCUT2D eigenvalue weighted by atomic mass is 10.2. The van der Waals surface area contributed by atoms with Crippen molar-refractivity contribution < 1.29 is 9.53 Å². The van der Waals surface area contributed by atoms with Gasteiger partial charge in [0.2, 0.25) is 0 Å². The molecule has 4 nitrogen and oxygen atoms in total. The fourth-order valence-electron chi connectivity index (χ4n) is 2.27. The predicted octanol–water partition coefficient (Wildman–Crippen LogP) is 3.86. The van der Waals surface area contributed by atoms with Crippen molar-refractivity contribution in [2.45, 2.75) is 6.92 Å². The highest BCUT2D eigenvalue weighted by molar-refractivity contribution is 7.71. The van der Waals surface area contributed by atoms with Gasteiger partial charge in [-0.05, 0) is 55.5 Å². The molecule has 106 valence electrons. The Morgan fingerprint density at radius 1 is 1.19 bits per heavy atom. The smallest absolute Gasteiger partial charge is 0.338 e. The first-order valence-corrected chi connectivity index (χ1v) is 7.09. The Balaban J connectivity index is 2.05. The number of carbonyl (C=O) groups is 1. The highest BCUT2D eigenvalue weighted by Crippen LogP contribution is 2.19. The van der Waals surface area contributed by atoms with Gasteiger partial charge < -0.3 is 9.72 Å². The molecule has 0 saturated carbocycles. The second-order valence-electron chi connectivity index (χ2n) is 4.55. The minimum absolute atomic E-state index is 0.313. The third-order valence-corrected chi connectivity index (χ3v) is 3.51. The molecule has 1 N–H and O–H groups in total. The Morgan fingerprint density at radius 3 is 2.62 bits per heavy atom. The van der Waals surface area contributed by atoms with Crippen LogP contribution in [0.25, 0.3) is 16.7 Å². The van der Waals surface area contributed by atoms with Crippen LogP contribution in [0.5, 0.6) is 0 Å². The van der Waals surface area contributed by atoms with E-state index < -0.39 is 0 Å². The first-order chi connectivity index (χ1) is 10.2. The number of nitrogens with one attached hydrogen (secondary N) is 1. The molecule has 2 aromatic carbocycles. The van der Waals surface area contributed by atoms with E-state index in [-0.39, 0.29) is 5.97 Å². The average Bonchev–Trinajstić information content (AvgIpc) is 2.83. The molecule has 3 rings (SSSR count). The highest BCUT2D eigenvalue weighted by Gasteiger charge is 2.09. The molecule has 0 aliphatic rings. The van der Waals surface area contributed by atoms with Gasteiger partial charge in [0.15, 0.2) is 4.77 Å². The normalized spacial score (nSPS) is 10.7. The van der Waals surface area contributed by atoms with E-state index in [1.54, 1.807) is 19.1 Å². The van der Waals surface area contributed by atoms with Crippen molar-refractivity contribution in [3.8, 4) is 5.69 Å². The second-order valence-corrected chi connectivity index (χ2v) is 4.94. The number of hydrogen-bond donors (Lipinski definition) is 1. The van der Waals surface area contributed by atoms with Gasteiger partial charge in [0.05, 0.1) is 23.2 Å². The van der Waals surface area contributed by atoms with E-state index in [1.165, 1.54) is 0 Å². The first-order valence-electron chi connectivity index (χ1n) is 6.68. The largest absolute Gasteiger partial charge is 0.462 e. The van der Waals surface area contributed by atoms with Crippen LogP contribution >= 0.6 is 12.2 Å². The van der Waals surface area contributed by atoms with Crippen molar-refractivity contribution in [1.29, 1.82) is 0 Å². The van der Waals surface area contributed by atoms with Crippen LogP contribution in [0.3, 0.4) is 0 Å². The summed E-state index contributed by atoms with van der Waals surface area (Å²) < 4.78 is 7.55. The van der Waals surface area contributed by atoms with Crippen molar-refractivity contribution in [3.63, 3.8) is 0 Å². The summed E-state index contributed by atoms with van der Waals surface area (Å²) in [5.41, 5.74) is 3.43. The third kappa shape index (κ3) is 2.48. The maximum atomic E-state index is 11.7. The van der Waals surface area contributed by atoms with Gasteiger partial charge in [0, 0.05) is 5.69 Å². The molecule has 3 aromatic rings. The van der Waals surface area contributed by atoms with Crippen LogP contribution in [0.2, 0.25) is 0 Å². The van der Waals surface area contributed by atoms with Gasteiger partial charge in [0.1, 0.15) is 0 Å². The highest BCUT2D eigenvalue weighted by atomic mass is 32.1. The summed E-state index contributed by atoms with van der Waals surface area (Å²) in [6.45, 7) is 2.16. The lowest BCUT2D eigenvalue weighted by Crippen LogP contribution is -2.04. The fraction of sp³-hybridized carbons (Fsp3) is 0.125. The maximum absolute atomic E-state index is 11.7. The van der Waals surface area contributed by atoms with E-state index in [4.69, 9.17) is 17.0 Å². The number of hydrogen-bond acceptors (Lipinski definition) is 3. The number of aromatic nitrogens is 2. The molecule has 0 aliphatic carbocycles. The van der Waals surface area contributed by atoms with Crippen LogP contribution in [0.15, 0.2) is 48.5 Å². The van der Waals surface area contributed by atoms with Crippen molar-refractivity contribution >= 4 is 29.2 Å². The molecular weight excluding hydrogens is 284 g/mol. The summed E-state index contributed by atoms with van der Waals surface area (Å²) in [6.07, 6.45) is 0. The number of rotatable bonds is 3. The number of H-pyrrole nitrogens is 1. The second kappa shape index (κ2) is 5.54. The molecule has 0 unspecified atom stereocenters. The molecule has 0 bridgehead atoms. The molecule has 0 amide bonds. The van der Waals surface area contributed by atoms with E-state index >= 15 is 0 Å². The number of ether oxygens (including phenoxy) is 1. The molecule has 1 heterocycles. The number of aromatic amines is 1. The van der Waals surface area contributed by atoms with Crippen molar-refractivity contribution in [2.24, 2.45) is 0 Å². The Hall–Kier alpha value is -2.40. The standard InChI is InChI=1S/C16H14N2O2S/c1-2-20-15(19)11-7-9-12(10-8-11)18-14-6-4-3-5-13(14)17-16(18)21/h3-10H,2H2,1H3,(H,17,21). The number of para-hydroxylation sites is 2. The lowest BCUT2D eigenvalue weighted by molar-refractivity contribution is 0.0526. The summed E-state index contributed by atoms with van der Waals surface area (Å²) in [5, 5.41) is 0. The minimum atomic E-state index is -0.313. The van der Waals surface area contributed by atoms with Gasteiger partial charge in [-0.2, -0.15) is 0 Å². The summed E-state index contributed by atoms with van der Waals surface area (Å²) in [5.74, 6) is -0.313. The van der Waals surface area contributed by atoms with Gasteiger partial charge in [-0.3, -0.25) is 4.57 Å². The molecule has 0 saturated heterocycles. The topological polar surface area (TPSA) is 47.0 Å². The molecular formula is C16H14N2O2S. The Labute approximate surface area is 127 Å². The van der Waals surface area contributed by atoms with Gasteiger partial charge in [0.25, 0.3) is 0 Å². The van der Waals surface area contributed by atoms with E-state index in [0.717, 1.165) is 16.7 Å². The minimum Gasteiger partial charge on any atom is -0.462 e. The Morgan fingerprint density at radius 2 is 1.90 bits per heavy atom. The molecule has 21 heavy (non-hydrogen) atoms. The molecule has 0 atom stereocenters. The maximum Gasteiger partial charge on any atom is 0.338 e. The zero-order chi connectivity index (χ0) is 14.8. The van der Waals surface area contributed by atoms with E-state index in [1.807, 2.05) is 41.0 Å². The van der Waals surface area contributed by atoms with Crippen molar-refractivity contribution in [1.82, 2.24) is 9.55 Å². The average molecular weight is 298 g/mol. The monoisotopic (exact) mass is 298 g/mol. The van der Waals surface area contributed by atoms with Crippen LogP contribution in [0.4, 0.5) is 0 Å². The Bertz CT molecular complexity index is 847. The van der Waals surface area contributed by atoms with Crippen LogP contribution in [-0.4, -0.2) is 22.1 Å². The number of imidazole rings is 1. The zero-order valence-corrected chi connectivity index (χ0v) is 12.3. The van der Waals surface area contributed by atoms with Crippen LogP contribution < -0.4 is 0 Å². The molecule has 0 fully saturated rings. The Kier molecular flexibility index (Phi) is 3.58. The summed E-state index contributed by atoms with van der Waals surface area (Å²) in [4.78, 5) is 14.8. The van der Waals surface area contributed by atoms with Gasteiger partial charge in [-0.25, -0.2) is 4.79 Å². The summed E-state index contributed by atoms with van der Waals surface area (Å²) in [7, 11) is 0. The number of fused-ring (bicyclic) bond motifs is 1. The fourth-order valence-corrected chi connectivity index (χ4v) is 2.59. The van der Waals surface area contributed by atoms with Gasteiger partial charge in [-0.1, -0.05) is 12.1 Å². The van der Waals surface area contributed by atoms with E-state index in [2.05, 4.69) is 4.98 Å². The van der Waals surface area contributed by atoms with Gasteiger partial charge >= 0.3 is 5.97 Å². The quantitative estimate of drug-likeness (QED) is 0.590. The molecule has 0 radical (unpaired) electrons.